The predicted molar refractivity (Wildman–Crippen MR) is 75.0 cm³/mol. The van der Waals surface area contributed by atoms with Gasteiger partial charge in [0.1, 0.15) is 0 Å². The summed E-state index contributed by atoms with van der Waals surface area (Å²) in [5.41, 5.74) is 1.26. The van der Waals surface area contributed by atoms with Crippen molar-refractivity contribution < 1.29 is 4.79 Å². The smallest absolute Gasteiger partial charge is 0.224 e. The van der Waals surface area contributed by atoms with Crippen molar-refractivity contribution in [2.24, 2.45) is 0 Å². The first-order chi connectivity index (χ1) is 9.26. The van der Waals surface area contributed by atoms with E-state index in [0.717, 1.165) is 39.1 Å². The number of amides is 1. The Morgan fingerprint density at radius 3 is 2.95 bits per heavy atom. The Labute approximate surface area is 115 Å². The van der Waals surface area contributed by atoms with Gasteiger partial charge in [0.25, 0.3) is 0 Å². The number of hydrogen-bond donors (Lipinski definition) is 1. The molecular formula is C14H24N4O. The molecule has 5 nitrogen and oxygen atoms in total. The number of aryl methyl sites for hydroxylation is 1. The van der Waals surface area contributed by atoms with Gasteiger partial charge in [-0.3, -0.25) is 4.79 Å². The van der Waals surface area contributed by atoms with Crippen LogP contribution in [0, 0.1) is 0 Å². The highest BCUT2D eigenvalue weighted by molar-refractivity contribution is 5.76. The maximum atomic E-state index is 12.0. The molecule has 0 radical (unpaired) electrons. The minimum atomic E-state index is 0.231. The van der Waals surface area contributed by atoms with Crippen molar-refractivity contribution in [3.8, 4) is 0 Å². The molecule has 2 rings (SSSR count). The first-order valence-corrected chi connectivity index (χ1v) is 7.24. The van der Waals surface area contributed by atoms with E-state index >= 15 is 0 Å². The summed E-state index contributed by atoms with van der Waals surface area (Å²) in [6, 6.07) is 0. The second kappa shape index (κ2) is 6.70. The predicted octanol–water partition coefficient (Wildman–Crippen LogP) is 1.22. The molecule has 0 aliphatic carbocycles. The van der Waals surface area contributed by atoms with Crippen molar-refractivity contribution in [2.45, 2.75) is 39.2 Å². The molecule has 1 aromatic rings. The summed E-state index contributed by atoms with van der Waals surface area (Å²) in [4.78, 5) is 18.1. The Hall–Kier alpha value is -1.36. The van der Waals surface area contributed by atoms with E-state index < -0.39 is 0 Å². The van der Waals surface area contributed by atoms with Crippen LogP contribution in [0.3, 0.4) is 0 Å². The van der Waals surface area contributed by atoms with Crippen LogP contribution in [-0.4, -0.2) is 46.5 Å². The molecule has 0 aromatic carbocycles. The standard InChI is InChI=1S/C14H24N4O/c1-3-17(4-2)14(19)6-8-18-11-16-10-13(18)12-5-7-15-9-12/h10-12,15H,3-9H2,1-2H3. The van der Waals surface area contributed by atoms with E-state index in [1.54, 1.807) is 0 Å². The third kappa shape index (κ3) is 3.35. The molecule has 19 heavy (non-hydrogen) atoms. The van der Waals surface area contributed by atoms with Crippen LogP contribution in [0.1, 0.15) is 38.3 Å². The maximum Gasteiger partial charge on any atom is 0.224 e. The summed E-state index contributed by atoms with van der Waals surface area (Å²) in [5, 5.41) is 3.37. The topological polar surface area (TPSA) is 50.2 Å². The molecule has 0 bridgehead atoms. The zero-order chi connectivity index (χ0) is 13.7. The lowest BCUT2D eigenvalue weighted by Crippen LogP contribution is -2.31. The molecule has 1 atom stereocenters. The number of hydrogen-bond acceptors (Lipinski definition) is 3. The monoisotopic (exact) mass is 264 g/mol. The second-order valence-electron chi connectivity index (χ2n) is 5.02. The Morgan fingerprint density at radius 2 is 2.32 bits per heavy atom. The van der Waals surface area contributed by atoms with Crippen LogP contribution >= 0.6 is 0 Å². The second-order valence-corrected chi connectivity index (χ2v) is 5.02. The third-order valence-corrected chi connectivity index (χ3v) is 3.91. The first kappa shape index (κ1) is 14.1. The lowest BCUT2D eigenvalue weighted by molar-refractivity contribution is -0.131. The van der Waals surface area contributed by atoms with Crippen molar-refractivity contribution in [3.05, 3.63) is 18.2 Å². The molecule has 1 N–H and O–H groups in total. The number of rotatable bonds is 6. The number of nitrogens with one attached hydrogen (secondary N) is 1. The van der Waals surface area contributed by atoms with Crippen LogP contribution in [-0.2, 0) is 11.3 Å². The Kier molecular flexibility index (Phi) is 4.96. The largest absolute Gasteiger partial charge is 0.343 e. The van der Waals surface area contributed by atoms with Crippen LogP contribution < -0.4 is 5.32 Å². The molecule has 0 saturated carbocycles. The Morgan fingerprint density at radius 1 is 1.53 bits per heavy atom. The fourth-order valence-corrected chi connectivity index (χ4v) is 2.72. The summed E-state index contributed by atoms with van der Waals surface area (Å²) in [7, 11) is 0. The van der Waals surface area contributed by atoms with Gasteiger partial charge in [0.2, 0.25) is 5.91 Å². The van der Waals surface area contributed by atoms with E-state index in [1.807, 2.05) is 31.3 Å². The van der Waals surface area contributed by atoms with Gasteiger partial charge in [0.05, 0.1) is 6.33 Å². The SMILES string of the molecule is CCN(CC)C(=O)CCn1cncc1C1CCNC1. The summed E-state index contributed by atoms with van der Waals surface area (Å²) < 4.78 is 2.14. The average molecular weight is 264 g/mol. The summed E-state index contributed by atoms with van der Waals surface area (Å²) in [6.07, 6.45) is 5.52. The van der Waals surface area contributed by atoms with E-state index in [-0.39, 0.29) is 5.91 Å². The van der Waals surface area contributed by atoms with Gasteiger partial charge in [-0.05, 0) is 26.8 Å². The number of carbonyl (C=O) groups is 1. The molecule has 1 aliphatic rings. The summed E-state index contributed by atoms with van der Waals surface area (Å²) in [6.45, 7) is 8.46. The highest BCUT2D eigenvalue weighted by Gasteiger charge is 2.20. The van der Waals surface area contributed by atoms with Crippen molar-refractivity contribution in [3.63, 3.8) is 0 Å². The summed E-state index contributed by atoms with van der Waals surface area (Å²) >= 11 is 0. The van der Waals surface area contributed by atoms with Crippen molar-refractivity contribution >= 4 is 5.91 Å². The van der Waals surface area contributed by atoms with Gasteiger partial charge < -0.3 is 14.8 Å². The van der Waals surface area contributed by atoms with E-state index in [9.17, 15) is 4.79 Å². The molecule has 5 heteroatoms. The lowest BCUT2D eigenvalue weighted by atomic mass is 10.1. The Balaban J connectivity index is 1.92. The molecule has 1 fully saturated rings. The molecule has 1 aliphatic heterocycles. The quantitative estimate of drug-likeness (QED) is 0.840. The van der Waals surface area contributed by atoms with E-state index in [1.165, 1.54) is 5.69 Å². The van der Waals surface area contributed by atoms with Crippen molar-refractivity contribution in [2.75, 3.05) is 26.2 Å². The fraction of sp³-hybridized carbons (Fsp3) is 0.714. The van der Waals surface area contributed by atoms with Crippen LogP contribution in [0.4, 0.5) is 0 Å². The van der Waals surface area contributed by atoms with Crippen LogP contribution in [0.15, 0.2) is 12.5 Å². The fourth-order valence-electron chi connectivity index (χ4n) is 2.72. The Bertz CT molecular complexity index is 405. The maximum absolute atomic E-state index is 12.0. The molecule has 1 aromatic heterocycles. The lowest BCUT2D eigenvalue weighted by Gasteiger charge is -2.19. The number of imidazole rings is 1. The molecule has 1 unspecified atom stereocenters. The zero-order valence-electron chi connectivity index (χ0n) is 11.9. The van der Waals surface area contributed by atoms with Gasteiger partial charge in [-0.15, -0.1) is 0 Å². The minimum absolute atomic E-state index is 0.231. The number of aromatic nitrogens is 2. The molecule has 106 valence electrons. The number of nitrogens with zero attached hydrogens (tertiary/aromatic N) is 3. The van der Waals surface area contributed by atoms with Crippen molar-refractivity contribution in [1.29, 1.82) is 0 Å². The van der Waals surface area contributed by atoms with E-state index in [4.69, 9.17) is 0 Å². The van der Waals surface area contributed by atoms with Gasteiger partial charge in [0, 0.05) is 50.4 Å². The van der Waals surface area contributed by atoms with Gasteiger partial charge >= 0.3 is 0 Å². The van der Waals surface area contributed by atoms with Gasteiger partial charge in [-0.25, -0.2) is 4.98 Å². The normalized spacial score (nSPS) is 18.7. The minimum Gasteiger partial charge on any atom is -0.343 e. The van der Waals surface area contributed by atoms with Gasteiger partial charge in [-0.1, -0.05) is 0 Å². The molecule has 0 spiro atoms. The van der Waals surface area contributed by atoms with Crippen LogP contribution in [0.5, 0.6) is 0 Å². The van der Waals surface area contributed by atoms with E-state index in [0.29, 0.717) is 12.3 Å². The molecular weight excluding hydrogens is 240 g/mol. The molecule has 1 saturated heterocycles. The van der Waals surface area contributed by atoms with Gasteiger partial charge in [0.15, 0.2) is 0 Å². The van der Waals surface area contributed by atoms with E-state index in [2.05, 4.69) is 14.9 Å². The first-order valence-electron chi connectivity index (χ1n) is 7.24. The molecule has 2 heterocycles. The highest BCUT2D eigenvalue weighted by atomic mass is 16.2. The van der Waals surface area contributed by atoms with Gasteiger partial charge in [-0.2, -0.15) is 0 Å². The summed E-state index contributed by atoms with van der Waals surface area (Å²) in [5.74, 6) is 0.778. The number of carbonyl (C=O) groups excluding carboxylic acids is 1. The van der Waals surface area contributed by atoms with Crippen molar-refractivity contribution in [1.82, 2.24) is 19.8 Å². The zero-order valence-corrected chi connectivity index (χ0v) is 11.9. The third-order valence-electron chi connectivity index (χ3n) is 3.91. The van der Waals surface area contributed by atoms with Crippen LogP contribution in [0.2, 0.25) is 0 Å². The highest BCUT2D eigenvalue weighted by Crippen LogP contribution is 2.22. The molecule has 1 amide bonds. The average Bonchev–Trinajstić information content (AvgIpc) is 3.08. The van der Waals surface area contributed by atoms with Crippen LogP contribution in [0.25, 0.3) is 0 Å².